The van der Waals surface area contributed by atoms with E-state index in [4.69, 9.17) is 0 Å². The Bertz CT molecular complexity index is 233. The molecule has 0 fully saturated rings. The van der Waals surface area contributed by atoms with Gasteiger partial charge in [0.05, 0.1) is 0 Å². The molecule has 0 atom stereocenters. The van der Waals surface area contributed by atoms with Crippen LogP contribution >= 0.6 is 12.6 Å². The van der Waals surface area contributed by atoms with Crippen molar-refractivity contribution >= 4 is 18.3 Å². The second-order valence-electron chi connectivity index (χ2n) is 2.25. The van der Waals surface area contributed by atoms with Crippen molar-refractivity contribution in [2.24, 2.45) is 0 Å². The number of hydrogen-bond donors (Lipinski definition) is 2. The van der Waals surface area contributed by atoms with E-state index in [1.807, 2.05) is 25.2 Å². The lowest BCUT2D eigenvalue weighted by atomic mass is 10.2. The summed E-state index contributed by atoms with van der Waals surface area (Å²) in [5, 5.41) is 3.09. The largest absolute Gasteiger partial charge is 0.388 e. The SMILES string of the molecule is CNc1ccc(S)cc1C. The van der Waals surface area contributed by atoms with E-state index in [0.717, 1.165) is 10.6 Å². The normalized spacial score (nSPS) is 9.50. The van der Waals surface area contributed by atoms with Gasteiger partial charge in [0.15, 0.2) is 0 Å². The van der Waals surface area contributed by atoms with Gasteiger partial charge in [-0.3, -0.25) is 0 Å². The first-order chi connectivity index (χ1) is 4.74. The van der Waals surface area contributed by atoms with Gasteiger partial charge in [0, 0.05) is 17.6 Å². The molecule has 10 heavy (non-hydrogen) atoms. The summed E-state index contributed by atoms with van der Waals surface area (Å²) in [6.45, 7) is 2.06. The van der Waals surface area contributed by atoms with Crippen LogP contribution in [0.4, 0.5) is 5.69 Å². The lowest BCUT2D eigenvalue weighted by Gasteiger charge is -2.03. The van der Waals surface area contributed by atoms with Crippen LogP contribution in [-0.2, 0) is 0 Å². The molecule has 0 aliphatic carbocycles. The van der Waals surface area contributed by atoms with Crippen molar-refractivity contribution in [3.63, 3.8) is 0 Å². The molecule has 1 N–H and O–H groups in total. The first kappa shape index (κ1) is 7.48. The Hall–Kier alpha value is -0.630. The molecule has 0 unspecified atom stereocenters. The Labute approximate surface area is 66.9 Å². The van der Waals surface area contributed by atoms with Crippen LogP contribution in [0.1, 0.15) is 5.56 Å². The highest BCUT2D eigenvalue weighted by molar-refractivity contribution is 7.80. The molecule has 0 bridgehead atoms. The van der Waals surface area contributed by atoms with Crippen LogP contribution in [0.25, 0.3) is 0 Å². The number of nitrogens with one attached hydrogen (secondary N) is 1. The maximum Gasteiger partial charge on any atom is 0.0368 e. The molecular weight excluding hydrogens is 142 g/mol. The fourth-order valence-corrected chi connectivity index (χ4v) is 1.20. The molecule has 2 heteroatoms. The molecule has 0 saturated carbocycles. The Morgan fingerprint density at radius 3 is 2.60 bits per heavy atom. The van der Waals surface area contributed by atoms with E-state index in [2.05, 4.69) is 24.9 Å². The predicted octanol–water partition coefficient (Wildman–Crippen LogP) is 2.33. The molecule has 1 nitrogen and oxygen atoms in total. The third-order valence-corrected chi connectivity index (χ3v) is 1.76. The van der Waals surface area contributed by atoms with Gasteiger partial charge in [0.2, 0.25) is 0 Å². The molecule has 1 aromatic rings. The first-order valence-electron chi connectivity index (χ1n) is 3.21. The average Bonchev–Trinajstić information content (AvgIpc) is 1.88. The quantitative estimate of drug-likeness (QED) is 0.590. The van der Waals surface area contributed by atoms with Crippen molar-refractivity contribution < 1.29 is 0 Å². The summed E-state index contributed by atoms with van der Waals surface area (Å²) in [6.07, 6.45) is 0. The van der Waals surface area contributed by atoms with Crippen LogP contribution in [0.3, 0.4) is 0 Å². The van der Waals surface area contributed by atoms with Crippen molar-refractivity contribution in [2.75, 3.05) is 12.4 Å². The number of thiol groups is 1. The molecule has 0 radical (unpaired) electrons. The fraction of sp³-hybridized carbons (Fsp3) is 0.250. The standard InChI is InChI=1S/C8H11NS/c1-6-5-7(10)3-4-8(6)9-2/h3-5,9-10H,1-2H3. The van der Waals surface area contributed by atoms with E-state index in [1.54, 1.807) is 0 Å². The summed E-state index contributed by atoms with van der Waals surface area (Å²) in [4.78, 5) is 1.01. The van der Waals surface area contributed by atoms with E-state index in [0.29, 0.717) is 0 Å². The van der Waals surface area contributed by atoms with Crippen LogP contribution in [0, 0.1) is 6.92 Å². The second kappa shape index (κ2) is 2.97. The van der Waals surface area contributed by atoms with Crippen LogP contribution in [0.2, 0.25) is 0 Å². The smallest absolute Gasteiger partial charge is 0.0368 e. The zero-order valence-corrected chi connectivity index (χ0v) is 7.07. The zero-order chi connectivity index (χ0) is 7.56. The molecule has 0 heterocycles. The molecule has 54 valence electrons. The van der Waals surface area contributed by atoms with Crippen LogP contribution < -0.4 is 5.32 Å². The number of benzene rings is 1. The number of rotatable bonds is 1. The van der Waals surface area contributed by atoms with Crippen molar-refractivity contribution in [3.8, 4) is 0 Å². The summed E-state index contributed by atoms with van der Waals surface area (Å²) in [6, 6.07) is 6.04. The first-order valence-corrected chi connectivity index (χ1v) is 3.66. The molecule has 0 aliphatic rings. The minimum Gasteiger partial charge on any atom is -0.388 e. The Morgan fingerprint density at radius 1 is 1.40 bits per heavy atom. The number of hydrogen-bond acceptors (Lipinski definition) is 2. The molecule has 0 aliphatic heterocycles. The minimum atomic E-state index is 1.01. The highest BCUT2D eigenvalue weighted by Crippen LogP contribution is 2.17. The fourth-order valence-electron chi connectivity index (χ4n) is 0.928. The summed E-state index contributed by atoms with van der Waals surface area (Å²) in [7, 11) is 1.92. The van der Waals surface area contributed by atoms with E-state index in [9.17, 15) is 0 Å². The van der Waals surface area contributed by atoms with Gasteiger partial charge in [-0.25, -0.2) is 0 Å². The predicted molar refractivity (Wildman–Crippen MR) is 48.0 cm³/mol. The molecule has 0 saturated heterocycles. The van der Waals surface area contributed by atoms with Gasteiger partial charge in [-0.05, 0) is 30.7 Å². The number of aryl methyl sites for hydroxylation is 1. The maximum atomic E-state index is 4.21. The highest BCUT2D eigenvalue weighted by Gasteiger charge is 1.93. The van der Waals surface area contributed by atoms with Gasteiger partial charge in [-0.15, -0.1) is 12.6 Å². The summed E-state index contributed by atoms with van der Waals surface area (Å²) in [5.41, 5.74) is 2.40. The Kier molecular flexibility index (Phi) is 2.22. The molecule has 0 amide bonds. The van der Waals surface area contributed by atoms with E-state index < -0.39 is 0 Å². The van der Waals surface area contributed by atoms with E-state index >= 15 is 0 Å². The lowest BCUT2D eigenvalue weighted by Crippen LogP contribution is -1.90. The monoisotopic (exact) mass is 153 g/mol. The summed E-state index contributed by atoms with van der Waals surface area (Å²) in [5.74, 6) is 0. The van der Waals surface area contributed by atoms with Gasteiger partial charge >= 0.3 is 0 Å². The van der Waals surface area contributed by atoms with Crippen LogP contribution in [0.15, 0.2) is 23.1 Å². The van der Waals surface area contributed by atoms with E-state index in [1.165, 1.54) is 5.56 Å². The average molecular weight is 153 g/mol. The summed E-state index contributed by atoms with van der Waals surface area (Å²) < 4.78 is 0. The second-order valence-corrected chi connectivity index (χ2v) is 2.77. The lowest BCUT2D eigenvalue weighted by molar-refractivity contribution is 1.34. The van der Waals surface area contributed by atoms with Crippen molar-refractivity contribution in [3.05, 3.63) is 23.8 Å². The van der Waals surface area contributed by atoms with Crippen molar-refractivity contribution in [1.29, 1.82) is 0 Å². The van der Waals surface area contributed by atoms with Gasteiger partial charge in [-0.1, -0.05) is 0 Å². The van der Waals surface area contributed by atoms with Gasteiger partial charge < -0.3 is 5.32 Å². The Morgan fingerprint density at radius 2 is 2.10 bits per heavy atom. The van der Waals surface area contributed by atoms with Crippen molar-refractivity contribution in [1.82, 2.24) is 0 Å². The van der Waals surface area contributed by atoms with Gasteiger partial charge in [-0.2, -0.15) is 0 Å². The minimum absolute atomic E-state index is 1.01. The van der Waals surface area contributed by atoms with Gasteiger partial charge in [0.1, 0.15) is 0 Å². The molecule has 0 aromatic heterocycles. The van der Waals surface area contributed by atoms with Crippen LogP contribution in [0.5, 0.6) is 0 Å². The maximum absolute atomic E-state index is 4.21. The Balaban J connectivity index is 3.07. The number of anilines is 1. The summed E-state index contributed by atoms with van der Waals surface area (Å²) >= 11 is 4.21. The van der Waals surface area contributed by atoms with E-state index in [-0.39, 0.29) is 0 Å². The molecule has 1 aromatic carbocycles. The van der Waals surface area contributed by atoms with Crippen LogP contribution in [-0.4, -0.2) is 7.05 Å². The topological polar surface area (TPSA) is 12.0 Å². The molecule has 1 rings (SSSR count). The van der Waals surface area contributed by atoms with Crippen molar-refractivity contribution in [2.45, 2.75) is 11.8 Å². The molecule has 0 spiro atoms. The zero-order valence-electron chi connectivity index (χ0n) is 6.18. The third kappa shape index (κ3) is 1.45. The highest BCUT2D eigenvalue weighted by atomic mass is 32.1. The third-order valence-electron chi connectivity index (χ3n) is 1.48. The van der Waals surface area contributed by atoms with Gasteiger partial charge in [0.25, 0.3) is 0 Å². The molecular formula is C8H11NS.